The number of hydrogen-bond donors (Lipinski definition) is 2. The molecule has 2 N–H and O–H groups in total. The van der Waals surface area contributed by atoms with Gasteiger partial charge in [-0.2, -0.15) is 0 Å². The minimum Gasteiger partial charge on any atom is -0.444 e. The number of nitrogens with zero attached hydrogens (tertiary/aromatic N) is 1. The molecule has 0 radical (unpaired) electrons. The number of benzene rings is 2. The predicted molar refractivity (Wildman–Crippen MR) is 161 cm³/mol. The molecule has 2 rings (SSSR count). The highest BCUT2D eigenvalue weighted by Crippen LogP contribution is 2.25. The fourth-order valence-electron chi connectivity index (χ4n) is 4.51. The molecule has 0 aromatic heterocycles. The summed E-state index contributed by atoms with van der Waals surface area (Å²) in [5.74, 6) is -0.573. The van der Waals surface area contributed by atoms with Gasteiger partial charge < -0.3 is 20.3 Å². The van der Waals surface area contributed by atoms with Gasteiger partial charge in [0.2, 0.25) is 11.8 Å². The summed E-state index contributed by atoms with van der Waals surface area (Å²) in [6.45, 7) is 12.0. The van der Waals surface area contributed by atoms with E-state index in [1.54, 1.807) is 32.6 Å². The van der Waals surface area contributed by atoms with Crippen LogP contribution in [-0.2, 0) is 27.3 Å². The number of rotatable bonds is 15. The molecule has 2 unspecified atom stereocenters. The maximum Gasteiger partial charge on any atom is 0.408 e. The Labute approximate surface area is 241 Å². The Kier molecular flexibility index (Phi) is 13.7. The zero-order valence-electron chi connectivity index (χ0n) is 25.3. The number of nitrogens with one attached hydrogen (secondary N) is 2. The second-order valence-electron chi connectivity index (χ2n) is 11.4. The first kappa shape index (κ1) is 32.9. The quantitative estimate of drug-likeness (QED) is 0.241. The highest BCUT2D eigenvalue weighted by atomic mass is 16.6. The van der Waals surface area contributed by atoms with E-state index in [9.17, 15) is 14.4 Å². The number of hydrogen-bond acceptors (Lipinski definition) is 4. The standard InChI is InChI=1S/C33H49N3O4/c1-7-9-10-11-12-16-23-36(31(38)25(3)35-32(39)40-33(4,5)6)29(28-21-19-26(8-2)20-22-28)30(37)34-24-27-17-14-13-15-18-27/h13-15,17-22,25,29H,7-12,16,23-24H2,1-6H3,(H,34,37)(H,35,39). The topological polar surface area (TPSA) is 87.7 Å². The molecule has 0 heterocycles. The summed E-state index contributed by atoms with van der Waals surface area (Å²) < 4.78 is 5.38. The highest BCUT2D eigenvalue weighted by Gasteiger charge is 2.34. The normalized spacial score (nSPS) is 12.8. The van der Waals surface area contributed by atoms with E-state index in [1.165, 1.54) is 6.42 Å². The Morgan fingerprint density at radius 3 is 2.08 bits per heavy atom. The van der Waals surface area contributed by atoms with Gasteiger partial charge in [0, 0.05) is 13.1 Å². The van der Waals surface area contributed by atoms with Crippen molar-refractivity contribution in [3.05, 3.63) is 71.3 Å². The minimum atomic E-state index is -0.866. The van der Waals surface area contributed by atoms with Gasteiger partial charge in [-0.3, -0.25) is 9.59 Å². The van der Waals surface area contributed by atoms with E-state index in [4.69, 9.17) is 4.74 Å². The van der Waals surface area contributed by atoms with Crippen molar-refractivity contribution in [3.8, 4) is 0 Å². The van der Waals surface area contributed by atoms with Gasteiger partial charge in [-0.1, -0.05) is 101 Å². The summed E-state index contributed by atoms with van der Waals surface area (Å²) in [7, 11) is 0. The molecular weight excluding hydrogens is 502 g/mol. The number of carbonyl (C=O) groups excluding carboxylic acids is 3. The van der Waals surface area contributed by atoms with Gasteiger partial charge in [-0.15, -0.1) is 0 Å². The van der Waals surface area contributed by atoms with Gasteiger partial charge in [-0.05, 0) is 57.2 Å². The number of alkyl carbamates (subject to hydrolysis) is 1. The lowest BCUT2D eigenvalue weighted by molar-refractivity contribution is -0.142. The van der Waals surface area contributed by atoms with E-state index in [0.29, 0.717) is 13.1 Å². The van der Waals surface area contributed by atoms with Crippen LogP contribution in [0.15, 0.2) is 54.6 Å². The van der Waals surface area contributed by atoms with Crippen LogP contribution in [-0.4, -0.2) is 41.0 Å². The molecule has 2 atom stereocenters. The lowest BCUT2D eigenvalue weighted by Gasteiger charge is -2.34. The summed E-state index contributed by atoms with van der Waals surface area (Å²) in [5.41, 5.74) is 2.18. The Morgan fingerprint density at radius 1 is 0.850 bits per heavy atom. The van der Waals surface area contributed by atoms with Crippen molar-refractivity contribution >= 4 is 17.9 Å². The van der Waals surface area contributed by atoms with E-state index in [2.05, 4.69) is 24.5 Å². The summed E-state index contributed by atoms with van der Waals surface area (Å²) in [5, 5.41) is 5.72. The van der Waals surface area contributed by atoms with Gasteiger partial charge in [0.15, 0.2) is 0 Å². The molecule has 0 fully saturated rings. The number of carbonyl (C=O) groups is 3. The van der Waals surface area contributed by atoms with Crippen LogP contribution in [0.5, 0.6) is 0 Å². The van der Waals surface area contributed by atoms with E-state index in [-0.39, 0.29) is 11.8 Å². The number of unbranched alkanes of at least 4 members (excludes halogenated alkanes) is 5. The van der Waals surface area contributed by atoms with E-state index in [0.717, 1.165) is 55.2 Å². The third-order valence-corrected chi connectivity index (χ3v) is 6.71. The van der Waals surface area contributed by atoms with Gasteiger partial charge in [-0.25, -0.2) is 4.79 Å². The van der Waals surface area contributed by atoms with Crippen molar-refractivity contribution in [2.24, 2.45) is 0 Å². The van der Waals surface area contributed by atoms with Crippen LogP contribution < -0.4 is 10.6 Å². The van der Waals surface area contributed by atoms with Crippen LogP contribution >= 0.6 is 0 Å². The summed E-state index contributed by atoms with van der Waals surface area (Å²) in [6, 6.07) is 15.9. The Hall–Kier alpha value is -3.35. The first-order chi connectivity index (χ1) is 19.1. The summed E-state index contributed by atoms with van der Waals surface area (Å²) >= 11 is 0. The second-order valence-corrected chi connectivity index (χ2v) is 11.4. The molecule has 2 aromatic rings. The molecule has 2 aromatic carbocycles. The van der Waals surface area contributed by atoms with Crippen LogP contribution in [0.25, 0.3) is 0 Å². The van der Waals surface area contributed by atoms with Gasteiger partial charge in [0.1, 0.15) is 17.7 Å². The third-order valence-electron chi connectivity index (χ3n) is 6.71. The Morgan fingerprint density at radius 2 is 1.48 bits per heavy atom. The van der Waals surface area contributed by atoms with Crippen molar-refractivity contribution in [1.29, 1.82) is 0 Å². The van der Waals surface area contributed by atoms with Crippen LogP contribution in [0.4, 0.5) is 4.79 Å². The average molecular weight is 552 g/mol. The fraction of sp³-hybridized carbons (Fsp3) is 0.545. The summed E-state index contributed by atoms with van der Waals surface area (Å²) in [4.78, 5) is 41.8. The van der Waals surface area contributed by atoms with Crippen molar-refractivity contribution < 1.29 is 19.1 Å². The molecule has 3 amide bonds. The van der Waals surface area contributed by atoms with Gasteiger partial charge in [0.05, 0.1) is 0 Å². The zero-order chi connectivity index (χ0) is 29.5. The fourth-order valence-corrected chi connectivity index (χ4v) is 4.51. The Bertz CT molecular complexity index is 1050. The molecule has 0 aliphatic heterocycles. The summed E-state index contributed by atoms with van der Waals surface area (Å²) in [6.07, 6.45) is 6.53. The second kappa shape index (κ2) is 16.7. The predicted octanol–water partition coefficient (Wildman–Crippen LogP) is 6.71. The molecule has 0 saturated heterocycles. The number of aryl methyl sites for hydroxylation is 1. The van der Waals surface area contributed by atoms with Crippen LogP contribution in [0, 0.1) is 0 Å². The van der Waals surface area contributed by atoms with E-state index in [1.807, 2.05) is 54.6 Å². The SMILES string of the molecule is CCCCCCCCN(C(=O)C(C)NC(=O)OC(C)(C)C)C(C(=O)NCc1ccccc1)c1ccc(CC)cc1. The zero-order valence-corrected chi connectivity index (χ0v) is 25.3. The van der Waals surface area contributed by atoms with E-state index < -0.39 is 23.8 Å². The molecular formula is C33H49N3O4. The van der Waals surface area contributed by atoms with Crippen molar-refractivity contribution in [1.82, 2.24) is 15.5 Å². The smallest absolute Gasteiger partial charge is 0.408 e. The maximum absolute atomic E-state index is 13.9. The first-order valence-electron chi connectivity index (χ1n) is 14.8. The molecule has 7 nitrogen and oxygen atoms in total. The molecule has 40 heavy (non-hydrogen) atoms. The van der Waals surface area contributed by atoms with Gasteiger partial charge in [0.25, 0.3) is 0 Å². The van der Waals surface area contributed by atoms with Crippen LogP contribution in [0.3, 0.4) is 0 Å². The molecule has 0 aliphatic rings. The highest BCUT2D eigenvalue weighted by molar-refractivity contribution is 5.92. The van der Waals surface area contributed by atoms with Crippen molar-refractivity contribution in [2.75, 3.05) is 6.54 Å². The monoisotopic (exact) mass is 551 g/mol. The van der Waals surface area contributed by atoms with Crippen LogP contribution in [0.2, 0.25) is 0 Å². The lowest BCUT2D eigenvalue weighted by atomic mass is 10.00. The molecule has 220 valence electrons. The molecule has 0 spiro atoms. The van der Waals surface area contributed by atoms with Gasteiger partial charge >= 0.3 is 6.09 Å². The molecule has 7 heteroatoms. The molecule has 0 bridgehead atoms. The average Bonchev–Trinajstić information content (AvgIpc) is 2.92. The third kappa shape index (κ3) is 11.4. The number of amides is 3. The van der Waals surface area contributed by atoms with Crippen molar-refractivity contribution in [2.45, 2.75) is 111 Å². The van der Waals surface area contributed by atoms with Crippen LogP contribution in [0.1, 0.15) is 103 Å². The minimum absolute atomic E-state index is 0.253. The Balaban J connectivity index is 2.34. The number of ether oxygens (including phenoxy) is 1. The largest absolute Gasteiger partial charge is 0.444 e. The van der Waals surface area contributed by atoms with Crippen molar-refractivity contribution in [3.63, 3.8) is 0 Å². The lowest BCUT2D eigenvalue weighted by Crippen LogP contribution is -2.52. The van der Waals surface area contributed by atoms with E-state index >= 15 is 0 Å². The first-order valence-corrected chi connectivity index (χ1v) is 14.8. The molecule has 0 saturated carbocycles. The maximum atomic E-state index is 13.9. The molecule has 0 aliphatic carbocycles.